The van der Waals surface area contributed by atoms with Crippen LogP contribution < -0.4 is 0 Å². The zero-order chi connectivity index (χ0) is 10.7. The van der Waals surface area contributed by atoms with E-state index in [2.05, 4.69) is 0 Å². The molecule has 5 N–H and O–H groups in total. The van der Waals surface area contributed by atoms with E-state index in [4.69, 9.17) is 9.84 Å². The van der Waals surface area contributed by atoms with E-state index in [0.29, 0.717) is 0 Å². The number of rotatable bonds is 1. The molecule has 1 saturated heterocycles. The average molecular weight is 208 g/mol. The highest BCUT2D eigenvalue weighted by Gasteiger charge is 2.36. The Bertz CT molecular complexity index is 169. The van der Waals surface area contributed by atoms with E-state index in [9.17, 15) is 20.4 Å². The molecule has 14 heavy (non-hydrogen) atoms. The molecule has 84 valence electrons. The maximum Gasteiger partial charge on any atom is 0.111 e. The second kappa shape index (κ2) is 5.01. The Morgan fingerprint density at radius 3 is 2.14 bits per heavy atom. The van der Waals surface area contributed by atoms with Crippen molar-refractivity contribution in [3.05, 3.63) is 0 Å². The van der Waals surface area contributed by atoms with E-state index in [1.54, 1.807) is 0 Å². The highest BCUT2D eigenvalue weighted by molar-refractivity contribution is 4.86. The van der Waals surface area contributed by atoms with E-state index >= 15 is 0 Å². The Balaban J connectivity index is 2.67. The van der Waals surface area contributed by atoms with Gasteiger partial charge in [-0.3, -0.25) is 0 Å². The quantitative estimate of drug-likeness (QED) is 0.315. The summed E-state index contributed by atoms with van der Waals surface area (Å²) in [6.07, 6.45) is -5.45. The van der Waals surface area contributed by atoms with Gasteiger partial charge in [0.05, 0.1) is 25.9 Å². The summed E-state index contributed by atoms with van der Waals surface area (Å²) >= 11 is 0. The summed E-state index contributed by atoms with van der Waals surface area (Å²) in [6, 6.07) is 0. The van der Waals surface area contributed by atoms with Crippen LogP contribution in [0.2, 0.25) is 0 Å². The molecule has 1 aliphatic rings. The average Bonchev–Trinajstić information content (AvgIpc) is 2.20. The monoisotopic (exact) mass is 208 g/mol. The third-order valence-corrected chi connectivity index (χ3v) is 2.43. The lowest BCUT2D eigenvalue weighted by molar-refractivity contribution is -0.164. The third-order valence-electron chi connectivity index (χ3n) is 2.43. The fourth-order valence-electron chi connectivity index (χ4n) is 1.41. The van der Waals surface area contributed by atoms with Gasteiger partial charge in [-0.25, -0.2) is 0 Å². The van der Waals surface area contributed by atoms with Crippen LogP contribution in [0.1, 0.15) is 0 Å². The molecule has 1 aliphatic heterocycles. The van der Waals surface area contributed by atoms with E-state index in [0.717, 1.165) is 0 Å². The molecule has 5 atom stereocenters. The van der Waals surface area contributed by atoms with Crippen LogP contribution in [0, 0.1) is 5.92 Å². The lowest BCUT2D eigenvalue weighted by Crippen LogP contribution is -2.52. The summed E-state index contributed by atoms with van der Waals surface area (Å²) in [6.45, 7) is -0.430. The Hall–Kier alpha value is -0.240. The fourth-order valence-corrected chi connectivity index (χ4v) is 1.41. The summed E-state index contributed by atoms with van der Waals surface area (Å²) in [5.41, 5.74) is 0. The zero-order valence-corrected chi connectivity index (χ0v) is 7.65. The van der Waals surface area contributed by atoms with Gasteiger partial charge in [-0.2, -0.15) is 0 Å². The Labute approximate surface area is 81.4 Å². The molecule has 0 amide bonds. The molecule has 1 rings (SSSR count). The van der Waals surface area contributed by atoms with Crippen molar-refractivity contribution in [2.75, 3.05) is 19.8 Å². The first kappa shape index (κ1) is 11.8. The number of hydrogen-bond donors (Lipinski definition) is 5. The molecule has 0 radical (unpaired) electrons. The number of ether oxygens (including phenoxy) is 1. The Kier molecular flexibility index (Phi) is 4.24. The van der Waals surface area contributed by atoms with Crippen LogP contribution in [0.25, 0.3) is 0 Å². The van der Waals surface area contributed by atoms with Crippen molar-refractivity contribution in [2.24, 2.45) is 5.92 Å². The molecule has 0 aliphatic carbocycles. The molecule has 0 saturated carbocycles. The van der Waals surface area contributed by atoms with Gasteiger partial charge in [-0.1, -0.05) is 0 Å². The SMILES string of the molecule is OC[C@H]1COC[C@@H](O)[C@@H](O)[C@@H](O)[C@@H]1O. The summed E-state index contributed by atoms with van der Waals surface area (Å²) in [5, 5.41) is 46.3. The van der Waals surface area contributed by atoms with E-state index in [1.165, 1.54) is 0 Å². The second-order valence-corrected chi connectivity index (χ2v) is 3.52. The molecule has 1 fully saturated rings. The van der Waals surface area contributed by atoms with Gasteiger partial charge in [0.25, 0.3) is 0 Å². The third kappa shape index (κ3) is 2.41. The van der Waals surface area contributed by atoms with Crippen LogP contribution in [0.3, 0.4) is 0 Å². The smallest absolute Gasteiger partial charge is 0.111 e. The van der Waals surface area contributed by atoms with E-state index in [-0.39, 0.29) is 19.8 Å². The van der Waals surface area contributed by atoms with Crippen LogP contribution in [-0.2, 0) is 4.74 Å². The lowest BCUT2D eigenvalue weighted by Gasteiger charge is -2.33. The zero-order valence-electron chi connectivity index (χ0n) is 7.65. The maximum atomic E-state index is 9.47. The molecule has 0 aromatic heterocycles. The standard InChI is InChI=1S/C8H16O6/c9-1-4-2-14-3-5(10)7(12)8(13)6(4)11/h4-13H,1-3H2/t4-,5+,6+,7+,8-/m0/s1. The van der Waals surface area contributed by atoms with Gasteiger partial charge < -0.3 is 30.3 Å². The van der Waals surface area contributed by atoms with Crippen LogP contribution >= 0.6 is 0 Å². The highest BCUT2D eigenvalue weighted by atomic mass is 16.5. The summed E-state index contributed by atoms with van der Waals surface area (Å²) in [4.78, 5) is 0. The minimum atomic E-state index is -1.47. The van der Waals surface area contributed by atoms with E-state index in [1.807, 2.05) is 0 Å². The molecule has 1 heterocycles. The van der Waals surface area contributed by atoms with Crippen LogP contribution in [0.5, 0.6) is 0 Å². The number of aliphatic hydroxyl groups excluding tert-OH is 5. The lowest BCUT2D eigenvalue weighted by atomic mass is 9.93. The van der Waals surface area contributed by atoms with Gasteiger partial charge in [0.1, 0.15) is 18.3 Å². The molecular weight excluding hydrogens is 192 g/mol. The first-order chi connectivity index (χ1) is 6.57. The molecule has 0 spiro atoms. The molecule has 0 unspecified atom stereocenters. The molecule has 0 aromatic rings. The van der Waals surface area contributed by atoms with Crippen molar-refractivity contribution in [3.8, 4) is 0 Å². The summed E-state index contributed by atoms with van der Waals surface area (Å²) in [5.74, 6) is -0.646. The summed E-state index contributed by atoms with van der Waals surface area (Å²) in [7, 11) is 0. The van der Waals surface area contributed by atoms with Crippen molar-refractivity contribution in [1.82, 2.24) is 0 Å². The van der Waals surface area contributed by atoms with Crippen molar-refractivity contribution in [3.63, 3.8) is 0 Å². The van der Waals surface area contributed by atoms with Crippen molar-refractivity contribution < 1.29 is 30.3 Å². The van der Waals surface area contributed by atoms with Gasteiger partial charge in [0.2, 0.25) is 0 Å². The fraction of sp³-hybridized carbons (Fsp3) is 1.00. The normalized spacial score (nSPS) is 45.6. The first-order valence-corrected chi connectivity index (χ1v) is 4.48. The largest absolute Gasteiger partial charge is 0.396 e. The first-order valence-electron chi connectivity index (χ1n) is 4.48. The Morgan fingerprint density at radius 2 is 1.57 bits per heavy atom. The second-order valence-electron chi connectivity index (χ2n) is 3.52. The predicted molar refractivity (Wildman–Crippen MR) is 45.4 cm³/mol. The molecule has 0 bridgehead atoms. The minimum absolute atomic E-state index is 0.0402. The van der Waals surface area contributed by atoms with Gasteiger partial charge >= 0.3 is 0 Å². The molecular formula is C8H16O6. The number of hydrogen-bond acceptors (Lipinski definition) is 6. The van der Waals surface area contributed by atoms with Crippen LogP contribution in [0.15, 0.2) is 0 Å². The highest BCUT2D eigenvalue weighted by Crippen LogP contribution is 2.16. The Morgan fingerprint density at radius 1 is 0.929 bits per heavy atom. The van der Waals surface area contributed by atoms with Crippen LogP contribution in [0.4, 0.5) is 0 Å². The molecule has 6 nitrogen and oxygen atoms in total. The van der Waals surface area contributed by atoms with Crippen molar-refractivity contribution >= 4 is 0 Å². The maximum absolute atomic E-state index is 9.47. The molecule has 6 heteroatoms. The van der Waals surface area contributed by atoms with Crippen molar-refractivity contribution in [1.29, 1.82) is 0 Å². The minimum Gasteiger partial charge on any atom is -0.396 e. The van der Waals surface area contributed by atoms with E-state index < -0.39 is 30.3 Å². The number of aliphatic hydroxyl groups is 5. The van der Waals surface area contributed by atoms with Gasteiger partial charge in [0, 0.05) is 5.92 Å². The van der Waals surface area contributed by atoms with Crippen LogP contribution in [-0.4, -0.2) is 69.8 Å². The topological polar surface area (TPSA) is 110 Å². The van der Waals surface area contributed by atoms with Crippen molar-refractivity contribution in [2.45, 2.75) is 24.4 Å². The molecule has 0 aromatic carbocycles. The summed E-state index contributed by atoms with van der Waals surface area (Å²) < 4.78 is 4.94. The van der Waals surface area contributed by atoms with Gasteiger partial charge in [-0.15, -0.1) is 0 Å². The van der Waals surface area contributed by atoms with Gasteiger partial charge in [0.15, 0.2) is 0 Å². The van der Waals surface area contributed by atoms with Gasteiger partial charge in [-0.05, 0) is 0 Å². The predicted octanol–water partition coefficient (Wildman–Crippen LogP) is -2.93.